The average Bonchev–Trinajstić information content (AvgIpc) is 3.35. The van der Waals surface area contributed by atoms with E-state index in [2.05, 4.69) is 10.2 Å². The van der Waals surface area contributed by atoms with E-state index in [9.17, 15) is 9.59 Å². The third kappa shape index (κ3) is 5.66. The molecule has 0 aliphatic carbocycles. The number of carbonyl (C=O) groups is 2. The zero-order valence-corrected chi connectivity index (χ0v) is 21.2. The molecule has 1 N–H and O–H groups in total. The number of anilines is 2. The molecule has 9 heteroatoms. The molecule has 178 valence electrons. The smallest absolute Gasteiger partial charge is 0.267 e. The van der Waals surface area contributed by atoms with Crippen molar-refractivity contribution in [1.29, 1.82) is 0 Å². The Bertz CT molecular complexity index is 1160. The second kappa shape index (κ2) is 10.3. The summed E-state index contributed by atoms with van der Waals surface area (Å²) in [5, 5.41) is 5.92. The highest BCUT2D eigenvalue weighted by Crippen LogP contribution is 2.31. The van der Waals surface area contributed by atoms with E-state index in [4.69, 9.17) is 27.9 Å². The Kier molecular flexibility index (Phi) is 7.36. The van der Waals surface area contributed by atoms with E-state index in [-0.39, 0.29) is 11.8 Å². The van der Waals surface area contributed by atoms with Crippen molar-refractivity contribution < 1.29 is 14.3 Å². The lowest BCUT2D eigenvalue weighted by molar-refractivity contribution is -0.128. The van der Waals surface area contributed by atoms with Gasteiger partial charge in [-0.1, -0.05) is 29.3 Å². The molecular weight excluding hydrogens is 493 g/mol. The topological polar surface area (TPSA) is 61.9 Å². The number of amides is 2. The minimum Gasteiger partial charge on any atom is -0.478 e. The number of hydrogen-bond acceptors (Lipinski definition) is 5. The fourth-order valence-electron chi connectivity index (χ4n) is 3.67. The van der Waals surface area contributed by atoms with Gasteiger partial charge in [-0.2, -0.15) is 0 Å². The monoisotopic (exact) mass is 517 g/mol. The number of nitrogens with zero attached hydrogens (tertiary/aromatic N) is 2. The number of halogens is 2. The molecule has 6 nitrogen and oxygen atoms in total. The van der Waals surface area contributed by atoms with Crippen LogP contribution in [0.25, 0.3) is 0 Å². The summed E-state index contributed by atoms with van der Waals surface area (Å²) in [6.45, 7) is 6.02. The molecule has 2 aromatic carbocycles. The van der Waals surface area contributed by atoms with Crippen LogP contribution >= 0.6 is 34.5 Å². The number of carbonyl (C=O) groups excluding carboxylic acids is 2. The lowest BCUT2D eigenvalue weighted by Crippen LogP contribution is -2.48. The highest BCUT2D eigenvalue weighted by molar-refractivity contribution is 7.12. The van der Waals surface area contributed by atoms with Crippen LogP contribution in [0.1, 0.15) is 23.5 Å². The molecule has 0 bridgehead atoms. The van der Waals surface area contributed by atoms with Gasteiger partial charge in [0.25, 0.3) is 11.8 Å². The van der Waals surface area contributed by atoms with Crippen LogP contribution in [0.2, 0.25) is 10.0 Å². The predicted octanol–water partition coefficient (Wildman–Crippen LogP) is 5.81. The summed E-state index contributed by atoms with van der Waals surface area (Å²) in [4.78, 5) is 30.2. The Labute approximate surface area is 213 Å². The van der Waals surface area contributed by atoms with Crippen molar-refractivity contribution in [2.24, 2.45) is 0 Å². The Balaban J connectivity index is 1.36. The minimum atomic E-state index is -1.11. The van der Waals surface area contributed by atoms with E-state index in [0.29, 0.717) is 47.7 Å². The van der Waals surface area contributed by atoms with Crippen LogP contribution in [-0.2, 0) is 4.79 Å². The number of benzene rings is 2. The highest BCUT2D eigenvalue weighted by atomic mass is 35.5. The van der Waals surface area contributed by atoms with E-state index in [1.807, 2.05) is 34.5 Å². The van der Waals surface area contributed by atoms with Crippen molar-refractivity contribution in [2.75, 3.05) is 36.4 Å². The first-order valence-electron chi connectivity index (χ1n) is 10.9. The summed E-state index contributed by atoms with van der Waals surface area (Å²) >= 11 is 13.9. The lowest BCUT2D eigenvalue weighted by atomic mass is 10.1. The van der Waals surface area contributed by atoms with E-state index in [1.165, 1.54) is 11.3 Å². The largest absolute Gasteiger partial charge is 0.478 e. The van der Waals surface area contributed by atoms with Crippen molar-refractivity contribution in [3.8, 4) is 5.75 Å². The molecule has 1 saturated heterocycles. The normalized spacial score (nSPS) is 14.1. The molecule has 0 spiro atoms. The molecule has 3 aromatic rings. The Morgan fingerprint density at radius 3 is 2.32 bits per heavy atom. The predicted molar refractivity (Wildman–Crippen MR) is 139 cm³/mol. The van der Waals surface area contributed by atoms with Crippen LogP contribution in [0, 0.1) is 0 Å². The fraction of sp³-hybridized carbons (Fsp3) is 0.280. The third-order valence-corrected chi connectivity index (χ3v) is 6.99. The van der Waals surface area contributed by atoms with Crippen LogP contribution in [0.5, 0.6) is 5.75 Å². The summed E-state index contributed by atoms with van der Waals surface area (Å²) in [5.74, 6) is 0.323. The SMILES string of the molecule is CC(C)(Oc1ccc(Cl)cc1)C(=O)Nc1ccc(N2CCN(C(=O)c3cccs3)CC2)c(Cl)c1. The average molecular weight is 518 g/mol. The second-order valence-electron chi connectivity index (χ2n) is 8.44. The summed E-state index contributed by atoms with van der Waals surface area (Å²) < 4.78 is 5.85. The molecule has 4 rings (SSSR count). The van der Waals surface area contributed by atoms with E-state index >= 15 is 0 Å². The van der Waals surface area contributed by atoms with Crippen molar-refractivity contribution in [3.05, 3.63) is 74.9 Å². The van der Waals surface area contributed by atoms with Crippen LogP contribution in [-0.4, -0.2) is 48.5 Å². The molecule has 2 amide bonds. The number of piperazine rings is 1. The van der Waals surface area contributed by atoms with Crippen molar-refractivity contribution in [3.63, 3.8) is 0 Å². The maximum absolute atomic E-state index is 12.8. The van der Waals surface area contributed by atoms with E-state index in [0.717, 1.165) is 10.6 Å². The van der Waals surface area contributed by atoms with Gasteiger partial charge < -0.3 is 19.9 Å². The molecule has 1 aliphatic heterocycles. The van der Waals surface area contributed by atoms with Gasteiger partial charge in [0, 0.05) is 36.9 Å². The van der Waals surface area contributed by atoms with Gasteiger partial charge in [-0.05, 0) is 67.8 Å². The highest BCUT2D eigenvalue weighted by Gasteiger charge is 2.30. The Morgan fingerprint density at radius 2 is 1.71 bits per heavy atom. The molecule has 0 atom stereocenters. The maximum Gasteiger partial charge on any atom is 0.267 e. The fourth-order valence-corrected chi connectivity index (χ4v) is 4.79. The number of rotatable bonds is 6. The first-order valence-corrected chi connectivity index (χ1v) is 12.5. The molecule has 1 aromatic heterocycles. The van der Waals surface area contributed by atoms with Crippen LogP contribution in [0.3, 0.4) is 0 Å². The van der Waals surface area contributed by atoms with E-state index in [1.54, 1.807) is 44.2 Å². The quantitative estimate of drug-likeness (QED) is 0.447. The van der Waals surface area contributed by atoms with Gasteiger partial charge in [-0.3, -0.25) is 9.59 Å². The molecule has 0 radical (unpaired) electrons. The second-order valence-corrected chi connectivity index (χ2v) is 10.2. The van der Waals surface area contributed by atoms with Crippen molar-refractivity contribution in [2.45, 2.75) is 19.4 Å². The number of hydrogen-bond donors (Lipinski definition) is 1. The molecule has 1 aliphatic rings. The molecular formula is C25H25Cl2N3O3S. The van der Waals surface area contributed by atoms with Crippen LogP contribution < -0.4 is 15.0 Å². The van der Waals surface area contributed by atoms with Gasteiger partial charge in [0.15, 0.2) is 5.60 Å². The molecule has 34 heavy (non-hydrogen) atoms. The first kappa shape index (κ1) is 24.4. The summed E-state index contributed by atoms with van der Waals surface area (Å²) in [5.41, 5.74) is 0.349. The van der Waals surface area contributed by atoms with E-state index < -0.39 is 5.60 Å². The van der Waals surface area contributed by atoms with Crippen LogP contribution in [0.4, 0.5) is 11.4 Å². The van der Waals surface area contributed by atoms with Crippen LogP contribution in [0.15, 0.2) is 60.0 Å². The summed E-state index contributed by atoms with van der Waals surface area (Å²) in [7, 11) is 0. The first-order chi connectivity index (χ1) is 16.2. The minimum absolute atomic E-state index is 0.0715. The van der Waals surface area contributed by atoms with Crippen molar-refractivity contribution in [1.82, 2.24) is 4.90 Å². The molecule has 2 heterocycles. The standard InChI is InChI=1S/C25H25Cl2N3O3S/c1-25(2,33-19-8-5-17(26)6-9-19)24(32)28-18-7-10-21(20(27)16-18)29-11-13-30(14-12-29)23(31)22-4-3-15-34-22/h3-10,15-16H,11-14H2,1-2H3,(H,28,32). The van der Waals surface area contributed by atoms with Gasteiger partial charge in [-0.15, -0.1) is 11.3 Å². The lowest BCUT2D eigenvalue weighted by Gasteiger charge is -2.36. The Hall–Kier alpha value is -2.74. The summed E-state index contributed by atoms with van der Waals surface area (Å²) in [6.07, 6.45) is 0. The van der Waals surface area contributed by atoms with Crippen molar-refractivity contribution >= 4 is 57.7 Å². The van der Waals surface area contributed by atoms with Gasteiger partial charge >= 0.3 is 0 Å². The number of thiophene rings is 1. The van der Waals surface area contributed by atoms with Gasteiger partial charge in [0.1, 0.15) is 5.75 Å². The number of ether oxygens (including phenoxy) is 1. The number of nitrogens with one attached hydrogen (secondary N) is 1. The Morgan fingerprint density at radius 1 is 1.00 bits per heavy atom. The third-order valence-electron chi connectivity index (χ3n) is 5.58. The molecule has 0 unspecified atom stereocenters. The zero-order valence-electron chi connectivity index (χ0n) is 18.9. The molecule has 1 fully saturated rings. The van der Waals surface area contributed by atoms with Gasteiger partial charge in [-0.25, -0.2) is 0 Å². The van der Waals surface area contributed by atoms with Gasteiger partial charge in [0.2, 0.25) is 0 Å². The summed E-state index contributed by atoms with van der Waals surface area (Å²) in [6, 6.07) is 16.0. The molecule has 0 saturated carbocycles. The zero-order chi connectivity index (χ0) is 24.3. The van der Waals surface area contributed by atoms with Gasteiger partial charge in [0.05, 0.1) is 15.6 Å². The maximum atomic E-state index is 12.8.